The summed E-state index contributed by atoms with van der Waals surface area (Å²) in [6.07, 6.45) is 8.56. The van der Waals surface area contributed by atoms with Gasteiger partial charge in [-0.2, -0.15) is 0 Å². The van der Waals surface area contributed by atoms with E-state index in [2.05, 4.69) is 85.7 Å². The number of carboxylic acids is 1. The van der Waals surface area contributed by atoms with Gasteiger partial charge in [-0.25, -0.2) is 4.98 Å². The summed E-state index contributed by atoms with van der Waals surface area (Å²) in [5, 5.41) is 75.5. The molecule has 0 radical (unpaired) electrons. The van der Waals surface area contributed by atoms with Crippen molar-refractivity contribution in [1.29, 1.82) is 0 Å². The number of aromatic hydroxyl groups is 1. The molecule has 0 spiro atoms. The molecule has 1 unspecified atom stereocenters. The summed E-state index contributed by atoms with van der Waals surface area (Å²) in [6.45, 7) is 10.7. The summed E-state index contributed by atoms with van der Waals surface area (Å²) >= 11 is 0.740. The maximum Gasteiger partial charge on any atom is 0.305 e. The van der Waals surface area contributed by atoms with Gasteiger partial charge in [-0.3, -0.25) is 91.1 Å². The fraction of sp³-hybridized carbons (Fsp3) is 0.538. The number of hydrogen-bond acceptors (Lipinski definition) is 24. The maximum absolute atomic E-state index is 15.6. The third kappa shape index (κ3) is 37.2. The number of primary amides is 1. The van der Waals surface area contributed by atoms with Gasteiger partial charge >= 0.3 is 5.97 Å². The topological polar surface area (TPSA) is 636 Å². The molecule has 4 aromatic carbocycles. The van der Waals surface area contributed by atoms with Crippen molar-refractivity contribution in [2.24, 2.45) is 11.7 Å². The summed E-state index contributed by atoms with van der Waals surface area (Å²) in [7, 11) is 4.78. The number of fused-ring (bicyclic) bond motifs is 2. The molecule has 2 saturated heterocycles. The lowest BCUT2D eigenvalue weighted by Gasteiger charge is -2.36. The number of phenols is 1. The second-order valence-corrected chi connectivity index (χ2v) is 39.6. The van der Waals surface area contributed by atoms with Crippen LogP contribution in [0.2, 0.25) is 0 Å². The van der Waals surface area contributed by atoms with Crippen LogP contribution in [0.3, 0.4) is 0 Å². The summed E-state index contributed by atoms with van der Waals surface area (Å²) in [5.41, 5.74) is 8.63. The van der Waals surface area contributed by atoms with Crippen LogP contribution < -0.4 is 69.5 Å². The predicted octanol–water partition coefficient (Wildman–Crippen LogP) is 0.765. The van der Waals surface area contributed by atoms with Crippen LogP contribution in [0.5, 0.6) is 5.75 Å². The number of aliphatic hydroxyl groups excluding tert-OH is 2. The van der Waals surface area contributed by atoms with E-state index < -0.39 is 246 Å². The van der Waals surface area contributed by atoms with Crippen molar-refractivity contribution < 1.29 is 112 Å². The first-order chi connectivity index (χ1) is 70.9. The van der Waals surface area contributed by atoms with Crippen LogP contribution in [0.4, 0.5) is 0 Å². The normalized spacial score (nSPS) is 23.8. The average Bonchev–Trinajstić information content (AvgIpc) is 1.78. The first-order valence-electron chi connectivity index (χ1n) is 50.7. The van der Waals surface area contributed by atoms with Crippen LogP contribution >= 0.6 is 11.8 Å². The van der Waals surface area contributed by atoms with Crippen LogP contribution in [0, 0.1) is 5.92 Å². The number of nitrogens with zero attached hydrogens (tertiary/aromatic N) is 6. The number of carbonyl (C=O) groups excluding carboxylic acids is 18. The van der Waals surface area contributed by atoms with Crippen molar-refractivity contribution in [3.63, 3.8) is 0 Å². The van der Waals surface area contributed by atoms with Gasteiger partial charge in [0.2, 0.25) is 106 Å². The van der Waals surface area contributed by atoms with Gasteiger partial charge in [0.15, 0.2) is 0 Å². The summed E-state index contributed by atoms with van der Waals surface area (Å²) in [6, 6.07) is 5.25. The molecule has 0 bridgehead atoms. The van der Waals surface area contributed by atoms with E-state index in [0.29, 0.717) is 58.1 Å². The van der Waals surface area contributed by atoms with Gasteiger partial charge in [0, 0.05) is 121 Å². The SMILES string of the molecule is CCCCCCCCCCCC(=O)NCCCC[C@H](NC(=O)[C@@H]1CSCC(=O)N[C@@H](Cc2c[nH]c3ccccc23)C(=O)N[C@@H]([C@@H](C)O)C(=O)N(C)CC(=O)N[C@@H](CC(=O)O)C(=O)N(C)[C@@H](Cc2ccccc2)C(=O)N(C)[C@@H](Cc2ccccc2)C(=O)N[C@@H](C)C(=O)N(C)[C@@H](C)C(=O)N[C@@H](Cc2cnc[nH]2)C(=O)N[C@@H](Cc2ccc(O)cc2)C(=O)N[C@@H](CC)C(=O)NC(C(C)C)C(=O)N2C[C@H](O)C[C@H]2C(=O)N[C@@H](C)C(=O)N1)C(N)=O. The average molecular weight is 2090 g/mol. The van der Waals surface area contributed by atoms with Crippen molar-refractivity contribution in [2.75, 3.05) is 59.3 Å². The fourth-order valence-corrected chi connectivity index (χ4v) is 18.3. The van der Waals surface area contributed by atoms with E-state index in [4.69, 9.17) is 5.73 Å². The second kappa shape index (κ2) is 59.6. The van der Waals surface area contributed by atoms with Gasteiger partial charge < -0.3 is 124 Å². The Labute approximate surface area is 870 Å². The molecule has 44 nitrogen and oxygen atoms in total. The van der Waals surface area contributed by atoms with Crippen LogP contribution in [-0.2, 0) is 123 Å². The number of rotatable bonds is 33. The summed E-state index contributed by atoms with van der Waals surface area (Å²) < 4.78 is 0. The molecule has 18 amide bonds. The highest BCUT2D eigenvalue weighted by Crippen LogP contribution is 2.26. The number of hydrogen-bond donors (Lipinski definition) is 19. The number of aliphatic carboxylic acids is 1. The molecule has 2 fully saturated rings. The van der Waals surface area contributed by atoms with E-state index in [1.807, 2.05) is 0 Å². The van der Waals surface area contributed by atoms with E-state index in [-0.39, 0.29) is 76.0 Å². The van der Waals surface area contributed by atoms with Crippen LogP contribution in [-0.4, -0.2) is 334 Å². The Kier molecular flexibility index (Phi) is 47.9. The number of benzene rings is 4. The molecule has 812 valence electrons. The van der Waals surface area contributed by atoms with Gasteiger partial charge in [-0.05, 0) is 106 Å². The molecule has 20 N–H and O–H groups in total. The molecule has 6 aromatic rings. The van der Waals surface area contributed by atoms with Gasteiger partial charge in [0.25, 0.3) is 0 Å². The highest BCUT2D eigenvalue weighted by Gasteiger charge is 2.46. The number of aliphatic hydroxyl groups is 2. The molecule has 2 aliphatic rings. The molecule has 4 heterocycles. The number of aromatic nitrogens is 3. The Bertz CT molecular complexity index is 5540. The number of likely N-dealkylation sites (N-methyl/N-ethyl adjacent to an activating group) is 4. The maximum atomic E-state index is 15.6. The molecule has 2 aromatic heterocycles. The lowest BCUT2D eigenvalue weighted by atomic mass is 9.99. The second-order valence-electron chi connectivity index (χ2n) is 38.6. The largest absolute Gasteiger partial charge is 0.508 e. The molecule has 2 aliphatic heterocycles. The minimum Gasteiger partial charge on any atom is -0.508 e. The number of aromatic amines is 2. The van der Waals surface area contributed by atoms with E-state index in [1.54, 1.807) is 105 Å². The first kappa shape index (κ1) is 120. The quantitative estimate of drug-likeness (QED) is 0.0253. The fourth-order valence-electron chi connectivity index (χ4n) is 17.5. The zero-order valence-corrected chi connectivity index (χ0v) is 87.4. The standard InChI is InChI=1S/C104H147N21O23S/c1-13-15-16-17-18-19-20-21-28-40-84(129)107-45-32-31-39-75(90(105)134)115-97(141)80-57-149-58-86(131)112-77(49-68-53-108-74-38-30-29-37-72(68)74)96(140)120-89(64(8)126)103(147)121(9)56-85(130)113-79(52-87(132)133)101(145)124(12)83(48-66-35-26-23-27-36-66)102(146)123(11)81(47-65-33-24-22-25-34-65)98(142)111-62(6)100(144)122(10)63(7)92(136)116-78(50-69-54-106-59-109-69)95(139)117-76(46-67-41-43-70(127)44-42-67)94(138)114-73(14-2)93(137)119-88(60(3)4)104(148)125-55-71(128)51-82(125)99(143)110-61(5)91(135)118-80/h22-27,29-30,33-38,41-44,53-54,59-64,71,73,75-83,88-89,108,126-128H,13-21,28,31-32,39-40,45-52,55-58H2,1-12H3,(H2,105,134)(H,106,109)(H,107,129)(H,110,143)(H,111,142)(H,112,131)(H,113,130)(H,114,138)(H,115,141)(H,116,136)(H,117,139)(H,118,135)(H,119,137)(H,120,140)(H,132,133)/t61-,62-,63-,64+,71+,73-,75-,76-,77-,78-,79-,80-,81-,82-,83-,88?,89-/m0/s1. The molecule has 149 heavy (non-hydrogen) atoms. The van der Waals surface area contributed by atoms with Crippen molar-refractivity contribution in [3.8, 4) is 5.75 Å². The van der Waals surface area contributed by atoms with Crippen molar-refractivity contribution in [1.82, 2.24) is 103 Å². The van der Waals surface area contributed by atoms with E-state index >= 15 is 24.0 Å². The lowest BCUT2D eigenvalue weighted by Crippen LogP contribution is -2.61. The van der Waals surface area contributed by atoms with Crippen molar-refractivity contribution in [2.45, 2.75) is 293 Å². The van der Waals surface area contributed by atoms with E-state index in [9.17, 15) is 87.5 Å². The third-order valence-corrected chi connectivity index (χ3v) is 27.5. The number of carboxylic acid groups (broad SMARTS) is 1. The van der Waals surface area contributed by atoms with Gasteiger partial charge in [0.1, 0.15) is 96.4 Å². The number of nitrogens with two attached hydrogens (primary N) is 1. The number of phenolic OH excluding ortho intramolecular Hbond substituents is 1. The lowest BCUT2D eigenvalue weighted by molar-refractivity contribution is -0.150. The molecule has 17 atom stereocenters. The van der Waals surface area contributed by atoms with E-state index in [1.165, 1.54) is 105 Å². The molecule has 8 rings (SSSR count). The number of thioether (sulfide) groups is 1. The monoisotopic (exact) mass is 2090 g/mol. The number of H-pyrrole nitrogens is 2. The van der Waals surface area contributed by atoms with Crippen LogP contribution in [0.1, 0.15) is 186 Å². The van der Waals surface area contributed by atoms with E-state index in [0.717, 1.165) is 82.3 Å². The number of unbranched alkanes of at least 4 members (excludes halogenated alkanes) is 9. The molecule has 45 heteroatoms. The Morgan fingerprint density at radius 1 is 0.523 bits per heavy atom. The molecular formula is C104H147N21O23S. The van der Waals surface area contributed by atoms with Crippen LogP contribution in [0.25, 0.3) is 10.9 Å². The Morgan fingerprint density at radius 3 is 1.69 bits per heavy atom. The first-order valence-corrected chi connectivity index (χ1v) is 51.8. The summed E-state index contributed by atoms with van der Waals surface area (Å²) in [4.78, 5) is 291. The Hall–Kier alpha value is -14.4. The minimum atomic E-state index is -1.99. The third-order valence-electron chi connectivity index (χ3n) is 26.4. The van der Waals surface area contributed by atoms with Gasteiger partial charge in [-0.1, -0.05) is 170 Å². The summed E-state index contributed by atoms with van der Waals surface area (Å²) in [5.74, 6) is -20.5. The van der Waals surface area contributed by atoms with Crippen LogP contribution in [0.15, 0.2) is 128 Å². The highest BCUT2D eigenvalue weighted by molar-refractivity contribution is 8.00. The van der Waals surface area contributed by atoms with Crippen molar-refractivity contribution >= 4 is 135 Å². The molecule has 0 aliphatic carbocycles. The highest BCUT2D eigenvalue weighted by atomic mass is 32.2. The number of imidazole rings is 1. The molecule has 0 saturated carbocycles. The van der Waals surface area contributed by atoms with Gasteiger partial charge in [-0.15, -0.1) is 11.8 Å². The minimum absolute atomic E-state index is 0.0454. The van der Waals surface area contributed by atoms with Gasteiger partial charge in [0.05, 0.1) is 37.3 Å². The smallest absolute Gasteiger partial charge is 0.305 e. The number of para-hydroxylation sites is 1. The number of nitrogens with one attached hydrogen (secondary N) is 14. The zero-order chi connectivity index (χ0) is 109. The molecular weight excluding hydrogens is 1940 g/mol. The number of carbonyl (C=O) groups is 19. The number of amides is 18. The Morgan fingerprint density at radius 2 is 1.08 bits per heavy atom. The van der Waals surface area contributed by atoms with Crippen molar-refractivity contribution in [3.05, 3.63) is 156 Å². The predicted molar refractivity (Wildman–Crippen MR) is 552 cm³/mol. The Balaban J connectivity index is 1.13. The zero-order valence-electron chi connectivity index (χ0n) is 86.6.